The van der Waals surface area contributed by atoms with E-state index in [0.29, 0.717) is 6.04 Å². The van der Waals surface area contributed by atoms with Crippen LogP contribution in [0.25, 0.3) is 0 Å². The van der Waals surface area contributed by atoms with Gasteiger partial charge in [0.25, 0.3) is 0 Å². The van der Waals surface area contributed by atoms with Crippen molar-refractivity contribution in [3.63, 3.8) is 0 Å². The molecule has 1 heteroatoms. The number of hydrogen-bond donors (Lipinski definition) is 1. The molecule has 3 aliphatic rings. The molecule has 0 saturated heterocycles. The Kier molecular flexibility index (Phi) is 1.59. The topological polar surface area (TPSA) is 26.0 Å². The average Bonchev–Trinajstić information content (AvgIpc) is 2.32. The van der Waals surface area contributed by atoms with Crippen LogP contribution in [-0.2, 0) is 0 Å². The predicted molar refractivity (Wildman–Crippen MR) is 54.3 cm³/mol. The Morgan fingerprint density at radius 3 is 2.85 bits per heavy atom. The van der Waals surface area contributed by atoms with E-state index in [2.05, 4.69) is 6.92 Å². The summed E-state index contributed by atoms with van der Waals surface area (Å²) >= 11 is 0. The highest BCUT2D eigenvalue weighted by Gasteiger charge is 2.56. The number of nitrogens with two attached hydrogens (primary N) is 1. The SMILES string of the molecule is C[C@@]12C[C@@H]3CC1[C@H](CC[C@H](N)C3)C2. The molecule has 0 aromatic heterocycles. The van der Waals surface area contributed by atoms with Gasteiger partial charge in [0, 0.05) is 6.04 Å². The van der Waals surface area contributed by atoms with Crippen molar-refractivity contribution in [1.29, 1.82) is 0 Å². The Labute approximate surface area is 81.1 Å². The summed E-state index contributed by atoms with van der Waals surface area (Å²) in [6, 6.07) is 0.522. The van der Waals surface area contributed by atoms with Gasteiger partial charge in [-0.1, -0.05) is 6.92 Å². The second-order valence-electron chi connectivity index (χ2n) is 6.10. The van der Waals surface area contributed by atoms with Gasteiger partial charge in [-0.15, -0.1) is 0 Å². The zero-order valence-corrected chi connectivity index (χ0v) is 8.63. The van der Waals surface area contributed by atoms with Gasteiger partial charge >= 0.3 is 0 Å². The van der Waals surface area contributed by atoms with E-state index in [1.807, 2.05) is 0 Å². The summed E-state index contributed by atoms with van der Waals surface area (Å²) in [6.07, 6.45) is 8.55. The largest absolute Gasteiger partial charge is 0.328 e. The Balaban J connectivity index is 1.83. The third-order valence-corrected chi connectivity index (χ3v) is 5.08. The third-order valence-electron chi connectivity index (χ3n) is 5.08. The molecule has 2 N–H and O–H groups in total. The molecule has 0 heterocycles. The molecule has 0 aliphatic heterocycles. The maximum atomic E-state index is 6.11. The first kappa shape index (κ1) is 8.28. The molecule has 0 amide bonds. The van der Waals surface area contributed by atoms with E-state index >= 15 is 0 Å². The molecule has 3 fully saturated rings. The van der Waals surface area contributed by atoms with E-state index in [-0.39, 0.29) is 0 Å². The van der Waals surface area contributed by atoms with Gasteiger partial charge < -0.3 is 5.73 Å². The van der Waals surface area contributed by atoms with E-state index in [1.165, 1.54) is 38.5 Å². The first-order chi connectivity index (χ1) is 6.17. The Bertz CT molecular complexity index is 225. The monoisotopic (exact) mass is 179 g/mol. The minimum absolute atomic E-state index is 0.522. The van der Waals surface area contributed by atoms with Gasteiger partial charge in [0.05, 0.1) is 0 Å². The van der Waals surface area contributed by atoms with Crippen molar-refractivity contribution >= 4 is 0 Å². The molecule has 2 bridgehead atoms. The maximum absolute atomic E-state index is 6.11. The van der Waals surface area contributed by atoms with Crippen molar-refractivity contribution < 1.29 is 0 Å². The van der Waals surface area contributed by atoms with Crippen molar-refractivity contribution in [1.82, 2.24) is 0 Å². The standard InChI is InChI=1S/C12H21N/c1-12-6-8-4-10(13)3-2-9(7-12)11(12)5-8/h8-11H,2-7,13H2,1H3/t8-,9+,10-,11?,12-/m0/s1. The highest BCUT2D eigenvalue weighted by molar-refractivity contribution is 5.06. The molecule has 5 atom stereocenters. The summed E-state index contributed by atoms with van der Waals surface area (Å²) in [5, 5.41) is 0. The summed E-state index contributed by atoms with van der Waals surface area (Å²) in [5.41, 5.74) is 6.86. The van der Waals surface area contributed by atoms with Crippen LogP contribution < -0.4 is 5.73 Å². The zero-order valence-electron chi connectivity index (χ0n) is 8.63. The van der Waals surface area contributed by atoms with E-state index in [9.17, 15) is 0 Å². The van der Waals surface area contributed by atoms with Crippen molar-refractivity contribution in [2.45, 2.75) is 51.5 Å². The summed E-state index contributed by atoms with van der Waals surface area (Å²) in [5.74, 6) is 3.13. The molecule has 0 spiro atoms. The average molecular weight is 179 g/mol. The van der Waals surface area contributed by atoms with Crippen LogP contribution in [0.15, 0.2) is 0 Å². The quantitative estimate of drug-likeness (QED) is 0.607. The van der Waals surface area contributed by atoms with E-state index in [1.54, 1.807) is 0 Å². The summed E-state index contributed by atoms with van der Waals surface area (Å²) in [6.45, 7) is 2.52. The molecular weight excluding hydrogens is 158 g/mol. The fourth-order valence-corrected chi connectivity index (χ4v) is 4.57. The molecule has 0 aromatic rings. The zero-order chi connectivity index (χ0) is 9.05. The molecule has 3 rings (SSSR count). The van der Waals surface area contributed by atoms with Gasteiger partial charge in [-0.2, -0.15) is 0 Å². The van der Waals surface area contributed by atoms with Crippen LogP contribution in [0.2, 0.25) is 0 Å². The van der Waals surface area contributed by atoms with Crippen molar-refractivity contribution in [2.24, 2.45) is 28.9 Å². The minimum atomic E-state index is 0.522. The normalized spacial score (nSPS) is 59.5. The fourth-order valence-electron chi connectivity index (χ4n) is 4.57. The Hall–Kier alpha value is -0.0400. The number of rotatable bonds is 0. The van der Waals surface area contributed by atoms with Crippen LogP contribution in [-0.4, -0.2) is 6.04 Å². The minimum Gasteiger partial charge on any atom is -0.328 e. The lowest BCUT2D eigenvalue weighted by atomic mass is 9.55. The first-order valence-electron chi connectivity index (χ1n) is 5.93. The molecular formula is C12H21N. The summed E-state index contributed by atoms with van der Waals surface area (Å²) in [7, 11) is 0. The van der Waals surface area contributed by atoms with Crippen molar-refractivity contribution in [2.75, 3.05) is 0 Å². The molecule has 0 radical (unpaired) electrons. The second-order valence-corrected chi connectivity index (χ2v) is 6.10. The van der Waals surface area contributed by atoms with Gasteiger partial charge in [0.15, 0.2) is 0 Å². The smallest absolute Gasteiger partial charge is 0.00415 e. The lowest BCUT2D eigenvalue weighted by Crippen LogP contribution is -2.42. The van der Waals surface area contributed by atoms with E-state index in [0.717, 1.165) is 23.2 Å². The summed E-state index contributed by atoms with van der Waals surface area (Å²) < 4.78 is 0. The predicted octanol–water partition coefficient (Wildman–Crippen LogP) is 2.55. The van der Waals surface area contributed by atoms with Gasteiger partial charge in [-0.3, -0.25) is 0 Å². The Morgan fingerprint density at radius 1 is 1.15 bits per heavy atom. The first-order valence-corrected chi connectivity index (χ1v) is 5.93. The lowest BCUT2D eigenvalue weighted by molar-refractivity contribution is -0.00392. The van der Waals surface area contributed by atoms with Gasteiger partial charge in [0.1, 0.15) is 0 Å². The van der Waals surface area contributed by atoms with Crippen LogP contribution in [0.4, 0.5) is 0 Å². The Morgan fingerprint density at radius 2 is 2.00 bits per heavy atom. The molecule has 3 saturated carbocycles. The number of fused-ring (bicyclic) bond motifs is 1. The lowest BCUT2D eigenvalue weighted by Gasteiger charge is -2.50. The van der Waals surface area contributed by atoms with Gasteiger partial charge in [-0.05, 0) is 61.7 Å². The van der Waals surface area contributed by atoms with E-state index in [4.69, 9.17) is 5.73 Å². The second kappa shape index (κ2) is 2.50. The number of hydrogen-bond acceptors (Lipinski definition) is 1. The van der Waals surface area contributed by atoms with Gasteiger partial charge in [0.2, 0.25) is 0 Å². The maximum Gasteiger partial charge on any atom is 0.00415 e. The molecule has 1 unspecified atom stereocenters. The van der Waals surface area contributed by atoms with Crippen LogP contribution in [0.3, 0.4) is 0 Å². The van der Waals surface area contributed by atoms with Crippen molar-refractivity contribution in [3.05, 3.63) is 0 Å². The van der Waals surface area contributed by atoms with Crippen LogP contribution in [0.5, 0.6) is 0 Å². The highest BCUT2D eigenvalue weighted by Crippen LogP contribution is 2.64. The molecule has 3 aliphatic carbocycles. The van der Waals surface area contributed by atoms with Crippen LogP contribution >= 0.6 is 0 Å². The van der Waals surface area contributed by atoms with E-state index < -0.39 is 0 Å². The molecule has 13 heavy (non-hydrogen) atoms. The van der Waals surface area contributed by atoms with Crippen LogP contribution in [0.1, 0.15) is 45.4 Å². The summed E-state index contributed by atoms with van der Waals surface area (Å²) in [4.78, 5) is 0. The third kappa shape index (κ3) is 1.09. The molecule has 0 aromatic carbocycles. The van der Waals surface area contributed by atoms with Crippen LogP contribution in [0, 0.1) is 23.2 Å². The fraction of sp³-hybridized carbons (Fsp3) is 1.00. The highest BCUT2D eigenvalue weighted by atomic mass is 14.7. The molecule has 1 nitrogen and oxygen atoms in total. The van der Waals surface area contributed by atoms with Gasteiger partial charge in [-0.25, -0.2) is 0 Å². The molecule has 74 valence electrons. The van der Waals surface area contributed by atoms with Crippen molar-refractivity contribution in [3.8, 4) is 0 Å².